The van der Waals surface area contributed by atoms with Crippen LogP contribution in [-0.2, 0) is 16.0 Å². The van der Waals surface area contributed by atoms with E-state index in [9.17, 15) is 4.79 Å². The monoisotopic (exact) mass is 276 g/mol. The lowest BCUT2D eigenvalue weighted by Crippen LogP contribution is -2.48. The SMILES string of the molecule is COC(=O)C(C)(N)CCN1CCCc2cc(C)ccc21. The Kier molecular flexibility index (Phi) is 4.33. The van der Waals surface area contributed by atoms with Crippen LogP contribution in [0, 0.1) is 6.92 Å². The van der Waals surface area contributed by atoms with Crippen LogP contribution in [0.1, 0.15) is 30.9 Å². The zero-order chi connectivity index (χ0) is 14.8. The summed E-state index contributed by atoms with van der Waals surface area (Å²) < 4.78 is 4.76. The molecule has 0 amide bonds. The van der Waals surface area contributed by atoms with Crippen molar-refractivity contribution in [1.82, 2.24) is 0 Å². The summed E-state index contributed by atoms with van der Waals surface area (Å²) >= 11 is 0. The summed E-state index contributed by atoms with van der Waals surface area (Å²) in [6.45, 7) is 5.65. The number of nitrogens with zero attached hydrogens (tertiary/aromatic N) is 1. The zero-order valence-corrected chi connectivity index (χ0v) is 12.6. The minimum absolute atomic E-state index is 0.348. The summed E-state index contributed by atoms with van der Waals surface area (Å²) in [4.78, 5) is 14.0. The van der Waals surface area contributed by atoms with E-state index >= 15 is 0 Å². The van der Waals surface area contributed by atoms with E-state index in [0.717, 1.165) is 25.9 Å². The molecule has 1 aliphatic rings. The molecule has 0 saturated carbocycles. The Morgan fingerprint density at radius 1 is 1.50 bits per heavy atom. The highest BCUT2D eigenvalue weighted by atomic mass is 16.5. The van der Waals surface area contributed by atoms with Crippen molar-refractivity contribution >= 4 is 11.7 Å². The number of carbonyl (C=O) groups is 1. The quantitative estimate of drug-likeness (QED) is 0.855. The summed E-state index contributed by atoms with van der Waals surface area (Å²) in [5, 5.41) is 0. The summed E-state index contributed by atoms with van der Waals surface area (Å²) in [5.41, 5.74) is 9.08. The van der Waals surface area contributed by atoms with E-state index in [4.69, 9.17) is 10.5 Å². The number of ether oxygens (including phenoxy) is 1. The Labute approximate surface area is 120 Å². The highest BCUT2D eigenvalue weighted by molar-refractivity contribution is 5.79. The average Bonchev–Trinajstić information content (AvgIpc) is 2.43. The molecule has 0 bridgehead atoms. The van der Waals surface area contributed by atoms with Gasteiger partial charge in [-0.3, -0.25) is 4.79 Å². The van der Waals surface area contributed by atoms with E-state index in [1.54, 1.807) is 6.92 Å². The van der Waals surface area contributed by atoms with Crippen molar-refractivity contribution < 1.29 is 9.53 Å². The molecule has 1 heterocycles. The van der Waals surface area contributed by atoms with Crippen molar-refractivity contribution in [3.05, 3.63) is 29.3 Å². The molecule has 0 aliphatic carbocycles. The van der Waals surface area contributed by atoms with Gasteiger partial charge in [-0.05, 0) is 44.7 Å². The van der Waals surface area contributed by atoms with Crippen LogP contribution in [0.15, 0.2) is 18.2 Å². The van der Waals surface area contributed by atoms with E-state index in [1.807, 2.05) is 0 Å². The molecule has 1 aromatic carbocycles. The molecule has 1 unspecified atom stereocenters. The lowest BCUT2D eigenvalue weighted by atomic mass is 9.96. The van der Waals surface area contributed by atoms with E-state index in [2.05, 4.69) is 30.0 Å². The highest BCUT2D eigenvalue weighted by Gasteiger charge is 2.30. The second-order valence-electron chi connectivity index (χ2n) is 5.88. The fraction of sp³-hybridized carbons (Fsp3) is 0.562. The smallest absolute Gasteiger partial charge is 0.325 e. The molecular weight excluding hydrogens is 252 g/mol. The van der Waals surface area contributed by atoms with Gasteiger partial charge in [0.15, 0.2) is 0 Å². The van der Waals surface area contributed by atoms with Gasteiger partial charge in [0.1, 0.15) is 5.54 Å². The minimum atomic E-state index is -0.920. The first-order chi connectivity index (χ1) is 9.44. The van der Waals surface area contributed by atoms with Gasteiger partial charge in [-0.25, -0.2) is 0 Å². The number of fused-ring (bicyclic) bond motifs is 1. The Morgan fingerprint density at radius 3 is 2.95 bits per heavy atom. The second-order valence-corrected chi connectivity index (χ2v) is 5.88. The number of rotatable bonds is 4. The van der Waals surface area contributed by atoms with Crippen LogP contribution in [-0.4, -0.2) is 31.7 Å². The van der Waals surface area contributed by atoms with Crippen LogP contribution in [0.4, 0.5) is 5.69 Å². The lowest BCUT2D eigenvalue weighted by molar-refractivity contribution is -0.146. The zero-order valence-electron chi connectivity index (χ0n) is 12.6. The van der Waals surface area contributed by atoms with Gasteiger partial charge in [-0.2, -0.15) is 0 Å². The van der Waals surface area contributed by atoms with E-state index in [0.29, 0.717) is 6.42 Å². The van der Waals surface area contributed by atoms with Gasteiger partial charge < -0.3 is 15.4 Å². The predicted octanol–water partition coefficient (Wildman–Crippen LogP) is 2.03. The van der Waals surface area contributed by atoms with Gasteiger partial charge in [0.25, 0.3) is 0 Å². The molecule has 110 valence electrons. The summed E-state index contributed by atoms with van der Waals surface area (Å²) in [5.74, 6) is -0.348. The number of hydrogen-bond donors (Lipinski definition) is 1. The van der Waals surface area contributed by atoms with Gasteiger partial charge >= 0.3 is 5.97 Å². The molecule has 4 nitrogen and oxygen atoms in total. The molecular formula is C16H24N2O2. The number of anilines is 1. The van der Waals surface area contributed by atoms with Crippen LogP contribution in [0.5, 0.6) is 0 Å². The third-order valence-corrected chi connectivity index (χ3v) is 4.00. The molecule has 2 N–H and O–H groups in total. The van der Waals surface area contributed by atoms with Crippen molar-refractivity contribution in [2.45, 2.75) is 38.6 Å². The molecule has 1 aliphatic heterocycles. The molecule has 1 aromatic rings. The fourth-order valence-corrected chi connectivity index (χ4v) is 2.74. The maximum Gasteiger partial charge on any atom is 0.325 e. The number of carbonyl (C=O) groups excluding carboxylic acids is 1. The molecule has 0 radical (unpaired) electrons. The molecule has 4 heteroatoms. The maximum absolute atomic E-state index is 11.6. The van der Waals surface area contributed by atoms with Gasteiger partial charge in [-0.15, -0.1) is 0 Å². The molecule has 1 atom stereocenters. The Bertz CT molecular complexity index is 497. The molecule has 0 spiro atoms. The van der Waals surface area contributed by atoms with E-state index in [-0.39, 0.29) is 5.97 Å². The number of esters is 1. The number of methoxy groups -OCH3 is 1. The van der Waals surface area contributed by atoms with Gasteiger partial charge in [0, 0.05) is 18.8 Å². The van der Waals surface area contributed by atoms with Crippen LogP contribution in [0.2, 0.25) is 0 Å². The molecule has 0 fully saturated rings. The predicted molar refractivity (Wildman–Crippen MR) is 80.9 cm³/mol. The second kappa shape index (κ2) is 5.83. The maximum atomic E-state index is 11.6. The van der Waals surface area contributed by atoms with Crippen molar-refractivity contribution in [3.63, 3.8) is 0 Å². The van der Waals surface area contributed by atoms with Crippen molar-refractivity contribution in [3.8, 4) is 0 Å². The molecule has 0 saturated heterocycles. The topological polar surface area (TPSA) is 55.6 Å². The first-order valence-electron chi connectivity index (χ1n) is 7.16. The van der Waals surface area contributed by atoms with Crippen LogP contribution in [0.25, 0.3) is 0 Å². The Hall–Kier alpha value is -1.55. The van der Waals surface area contributed by atoms with Crippen molar-refractivity contribution in [2.24, 2.45) is 5.73 Å². The number of hydrogen-bond acceptors (Lipinski definition) is 4. The highest BCUT2D eigenvalue weighted by Crippen LogP contribution is 2.28. The lowest BCUT2D eigenvalue weighted by Gasteiger charge is -2.33. The van der Waals surface area contributed by atoms with E-state index in [1.165, 1.54) is 23.9 Å². The average molecular weight is 276 g/mol. The minimum Gasteiger partial charge on any atom is -0.468 e. The van der Waals surface area contributed by atoms with Crippen LogP contribution in [0.3, 0.4) is 0 Å². The third kappa shape index (κ3) is 3.12. The summed E-state index contributed by atoms with van der Waals surface area (Å²) in [7, 11) is 1.38. The van der Waals surface area contributed by atoms with Gasteiger partial charge in [-0.1, -0.05) is 17.7 Å². The molecule has 2 rings (SSSR count). The first kappa shape index (κ1) is 14.9. The fourth-order valence-electron chi connectivity index (χ4n) is 2.74. The van der Waals surface area contributed by atoms with Crippen LogP contribution < -0.4 is 10.6 Å². The summed E-state index contributed by atoms with van der Waals surface area (Å²) in [6.07, 6.45) is 2.87. The summed E-state index contributed by atoms with van der Waals surface area (Å²) in [6, 6.07) is 6.57. The third-order valence-electron chi connectivity index (χ3n) is 4.00. The Morgan fingerprint density at radius 2 is 2.25 bits per heavy atom. The van der Waals surface area contributed by atoms with Gasteiger partial charge in [0.2, 0.25) is 0 Å². The van der Waals surface area contributed by atoms with Gasteiger partial charge in [0.05, 0.1) is 7.11 Å². The molecule has 20 heavy (non-hydrogen) atoms. The van der Waals surface area contributed by atoms with Crippen molar-refractivity contribution in [2.75, 3.05) is 25.1 Å². The number of aryl methyl sites for hydroxylation is 2. The normalized spacial score (nSPS) is 17.3. The van der Waals surface area contributed by atoms with E-state index < -0.39 is 5.54 Å². The van der Waals surface area contributed by atoms with Crippen LogP contribution >= 0.6 is 0 Å². The van der Waals surface area contributed by atoms with Crippen molar-refractivity contribution in [1.29, 1.82) is 0 Å². The molecule has 0 aromatic heterocycles. The number of nitrogens with two attached hydrogens (primary N) is 1. The number of benzene rings is 1. The standard InChI is InChI=1S/C16H24N2O2/c1-12-6-7-14-13(11-12)5-4-9-18(14)10-8-16(2,17)15(19)20-3/h6-7,11H,4-5,8-10,17H2,1-3H3. The Balaban J connectivity index is 2.07. The first-order valence-corrected chi connectivity index (χ1v) is 7.16. The largest absolute Gasteiger partial charge is 0.468 e.